The van der Waals surface area contributed by atoms with E-state index in [-0.39, 0.29) is 0 Å². The molecule has 0 saturated carbocycles. The fraction of sp³-hybridized carbons (Fsp3) is 0.700. The first-order valence-corrected chi connectivity index (χ1v) is 9.17. The molecule has 1 aliphatic rings. The molecule has 0 spiro atoms. The van der Waals surface area contributed by atoms with Gasteiger partial charge in [-0.1, -0.05) is 44.7 Å². The summed E-state index contributed by atoms with van der Waals surface area (Å²) in [4.78, 5) is 0. The molecule has 2 rings (SSSR count). The van der Waals surface area contributed by atoms with Gasteiger partial charge in [-0.2, -0.15) is 0 Å². The van der Waals surface area contributed by atoms with Crippen LogP contribution in [0.1, 0.15) is 70.8 Å². The lowest BCUT2D eigenvalue weighted by atomic mass is 9.98. The molecule has 0 aliphatic carbocycles. The molecule has 0 N–H and O–H groups in total. The van der Waals surface area contributed by atoms with Gasteiger partial charge in [-0.05, 0) is 38.0 Å². The van der Waals surface area contributed by atoms with Crippen molar-refractivity contribution < 1.29 is 14.2 Å². The molecule has 0 aromatic heterocycles. The number of unbranched alkanes of at least 4 members (excludes halogenated alkanes) is 4. The number of benzene rings is 1. The highest BCUT2D eigenvalue weighted by atomic mass is 16.7. The van der Waals surface area contributed by atoms with Crippen LogP contribution < -0.4 is 4.74 Å². The molecule has 0 amide bonds. The predicted molar refractivity (Wildman–Crippen MR) is 94.0 cm³/mol. The predicted octanol–water partition coefficient (Wildman–Crippen LogP) is 5.29. The van der Waals surface area contributed by atoms with E-state index < -0.39 is 5.79 Å². The summed E-state index contributed by atoms with van der Waals surface area (Å²) < 4.78 is 17.6. The molecule has 1 aliphatic heterocycles. The molecule has 1 aromatic carbocycles. The van der Waals surface area contributed by atoms with Crippen LogP contribution in [-0.2, 0) is 9.47 Å². The lowest BCUT2D eigenvalue weighted by Gasteiger charge is -2.38. The van der Waals surface area contributed by atoms with Crippen molar-refractivity contribution >= 4 is 0 Å². The first-order chi connectivity index (χ1) is 11.2. The van der Waals surface area contributed by atoms with Crippen LogP contribution in [0, 0.1) is 0 Å². The van der Waals surface area contributed by atoms with E-state index in [0.717, 1.165) is 25.4 Å². The fourth-order valence-electron chi connectivity index (χ4n) is 3.03. The van der Waals surface area contributed by atoms with Gasteiger partial charge in [-0.3, -0.25) is 0 Å². The zero-order valence-electron chi connectivity index (χ0n) is 15.0. The maximum atomic E-state index is 6.06. The van der Waals surface area contributed by atoms with E-state index in [1.54, 1.807) is 0 Å². The summed E-state index contributed by atoms with van der Waals surface area (Å²) in [6, 6.07) is 8.30. The summed E-state index contributed by atoms with van der Waals surface area (Å²) in [5, 5.41) is 0. The van der Waals surface area contributed by atoms with Crippen LogP contribution in [0.2, 0.25) is 0 Å². The summed E-state index contributed by atoms with van der Waals surface area (Å²) in [7, 11) is 0. The normalized spacial score (nSPS) is 24.6. The number of hydrogen-bond acceptors (Lipinski definition) is 3. The van der Waals surface area contributed by atoms with Gasteiger partial charge in [0, 0.05) is 12.3 Å². The summed E-state index contributed by atoms with van der Waals surface area (Å²) in [6.07, 6.45) is 7.39. The van der Waals surface area contributed by atoms with Crippen LogP contribution in [0.5, 0.6) is 5.75 Å². The Morgan fingerprint density at radius 1 is 1.00 bits per heavy atom. The van der Waals surface area contributed by atoms with Crippen molar-refractivity contribution in [2.24, 2.45) is 0 Å². The topological polar surface area (TPSA) is 27.7 Å². The molecule has 23 heavy (non-hydrogen) atoms. The third-order valence-electron chi connectivity index (χ3n) is 4.58. The molecular weight excluding hydrogens is 288 g/mol. The Kier molecular flexibility index (Phi) is 7.38. The molecule has 3 heteroatoms. The van der Waals surface area contributed by atoms with Gasteiger partial charge < -0.3 is 14.2 Å². The van der Waals surface area contributed by atoms with E-state index in [0.29, 0.717) is 12.5 Å². The highest BCUT2D eigenvalue weighted by Gasteiger charge is 2.33. The molecule has 1 aromatic rings. The zero-order valence-corrected chi connectivity index (χ0v) is 15.0. The van der Waals surface area contributed by atoms with Crippen LogP contribution >= 0.6 is 0 Å². The molecule has 3 nitrogen and oxygen atoms in total. The minimum atomic E-state index is -0.395. The van der Waals surface area contributed by atoms with Crippen LogP contribution in [0.3, 0.4) is 0 Å². The third kappa shape index (κ3) is 5.82. The van der Waals surface area contributed by atoms with E-state index in [9.17, 15) is 0 Å². The van der Waals surface area contributed by atoms with Crippen molar-refractivity contribution in [1.29, 1.82) is 0 Å². The van der Waals surface area contributed by atoms with E-state index in [1.807, 2.05) is 19.1 Å². The molecule has 130 valence electrons. The van der Waals surface area contributed by atoms with Crippen molar-refractivity contribution in [3.63, 3.8) is 0 Å². The molecule has 0 atom stereocenters. The van der Waals surface area contributed by atoms with Gasteiger partial charge in [0.1, 0.15) is 5.75 Å². The smallest absolute Gasteiger partial charge is 0.165 e. The maximum absolute atomic E-state index is 6.06. The lowest BCUT2D eigenvalue weighted by molar-refractivity contribution is -0.266. The van der Waals surface area contributed by atoms with E-state index in [4.69, 9.17) is 14.2 Å². The highest BCUT2D eigenvalue weighted by Crippen LogP contribution is 2.31. The van der Waals surface area contributed by atoms with Crippen molar-refractivity contribution in [3.05, 3.63) is 29.8 Å². The average Bonchev–Trinajstić information content (AvgIpc) is 2.57. The number of rotatable bonds is 9. The highest BCUT2D eigenvalue weighted by molar-refractivity contribution is 5.29. The van der Waals surface area contributed by atoms with Crippen LogP contribution in [0.25, 0.3) is 0 Å². The second kappa shape index (κ2) is 9.29. The number of ether oxygens (including phenoxy) is 3. The Bertz CT molecular complexity index is 433. The van der Waals surface area contributed by atoms with Crippen LogP contribution in [0.15, 0.2) is 24.3 Å². The van der Waals surface area contributed by atoms with E-state index >= 15 is 0 Å². The fourth-order valence-corrected chi connectivity index (χ4v) is 3.03. The quantitative estimate of drug-likeness (QED) is 0.578. The zero-order chi connectivity index (χ0) is 16.5. The molecule has 1 fully saturated rings. The van der Waals surface area contributed by atoms with Gasteiger partial charge in [0.05, 0.1) is 19.8 Å². The summed E-state index contributed by atoms with van der Waals surface area (Å²) in [5.74, 6) is 0.846. The molecule has 1 saturated heterocycles. The summed E-state index contributed by atoms with van der Waals surface area (Å²) in [5.41, 5.74) is 1.26. The maximum Gasteiger partial charge on any atom is 0.165 e. The van der Waals surface area contributed by atoms with Crippen LogP contribution in [0.4, 0.5) is 0 Å². The Balaban J connectivity index is 1.76. The Labute approximate surface area is 141 Å². The monoisotopic (exact) mass is 320 g/mol. The Morgan fingerprint density at radius 2 is 1.65 bits per heavy atom. The molecule has 1 heterocycles. The molecular formula is C20H32O3. The first kappa shape index (κ1) is 18.3. The van der Waals surface area contributed by atoms with Crippen molar-refractivity contribution in [1.82, 2.24) is 0 Å². The Hall–Kier alpha value is -1.06. The Morgan fingerprint density at radius 3 is 2.26 bits per heavy atom. The molecule has 0 bridgehead atoms. The second-order valence-corrected chi connectivity index (χ2v) is 6.62. The van der Waals surface area contributed by atoms with Gasteiger partial charge in [0.15, 0.2) is 5.79 Å². The molecule has 0 unspecified atom stereocenters. The van der Waals surface area contributed by atoms with Gasteiger partial charge >= 0.3 is 0 Å². The van der Waals surface area contributed by atoms with Gasteiger partial charge in [0.25, 0.3) is 0 Å². The van der Waals surface area contributed by atoms with Crippen molar-refractivity contribution in [2.75, 3.05) is 19.8 Å². The van der Waals surface area contributed by atoms with E-state index in [2.05, 4.69) is 26.0 Å². The largest absolute Gasteiger partial charge is 0.494 e. The van der Waals surface area contributed by atoms with Crippen LogP contribution in [-0.4, -0.2) is 25.6 Å². The third-order valence-corrected chi connectivity index (χ3v) is 4.58. The minimum absolute atomic E-state index is 0.318. The van der Waals surface area contributed by atoms with Crippen molar-refractivity contribution in [3.8, 4) is 5.75 Å². The summed E-state index contributed by atoms with van der Waals surface area (Å²) in [6.45, 7) is 8.50. The minimum Gasteiger partial charge on any atom is -0.494 e. The summed E-state index contributed by atoms with van der Waals surface area (Å²) >= 11 is 0. The second-order valence-electron chi connectivity index (χ2n) is 6.62. The van der Waals surface area contributed by atoms with Crippen molar-refractivity contribution in [2.45, 2.75) is 71.0 Å². The number of hydrogen-bond donors (Lipinski definition) is 0. The lowest BCUT2D eigenvalue weighted by Crippen LogP contribution is -2.40. The average molecular weight is 320 g/mol. The van der Waals surface area contributed by atoms with E-state index in [1.165, 1.54) is 37.7 Å². The molecule has 0 radical (unpaired) electrons. The standard InChI is InChI=1S/C20H32O3/c1-4-6-7-8-9-14-20(3)22-15-18(16-23-20)17-10-12-19(13-11-17)21-5-2/h10-13,18H,4-9,14-16H2,1-3H3/t18-,20-. The SMILES string of the molecule is CCCCCCC[C@]1(C)OC[C@@H](c2ccc(OCC)cc2)CO1. The first-order valence-electron chi connectivity index (χ1n) is 9.17. The van der Waals surface area contributed by atoms with Gasteiger partial charge in [-0.25, -0.2) is 0 Å². The van der Waals surface area contributed by atoms with Gasteiger partial charge in [0.2, 0.25) is 0 Å². The van der Waals surface area contributed by atoms with Gasteiger partial charge in [-0.15, -0.1) is 0 Å².